The summed E-state index contributed by atoms with van der Waals surface area (Å²) in [5, 5.41) is 25.7. The van der Waals surface area contributed by atoms with Gasteiger partial charge in [-0.1, -0.05) is 21.1 Å². The van der Waals surface area contributed by atoms with Gasteiger partial charge in [-0.25, -0.2) is 0 Å². The minimum absolute atomic E-state index is 0.0152. The van der Waals surface area contributed by atoms with Gasteiger partial charge in [0.1, 0.15) is 5.56 Å². The summed E-state index contributed by atoms with van der Waals surface area (Å²) in [5.74, 6) is 0.166. The highest BCUT2D eigenvalue weighted by Gasteiger charge is 2.24. The van der Waals surface area contributed by atoms with Crippen molar-refractivity contribution >= 4 is 27.3 Å². The van der Waals surface area contributed by atoms with Gasteiger partial charge in [-0.15, -0.1) is 0 Å². The van der Waals surface area contributed by atoms with E-state index in [1.165, 1.54) is 6.07 Å². The van der Waals surface area contributed by atoms with Gasteiger partial charge in [0.2, 0.25) is 5.82 Å². The van der Waals surface area contributed by atoms with Crippen molar-refractivity contribution in [2.45, 2.75) is 0 Å². The van der Waals surface area contributed by atoms with Crippen LogP contribution in [-0.4, -0.2) is 20.0 Å². The lowest BCUT2D eigenvalue weighted by Crippen LogP contribution is -1.95. The van der Waals surface area contributed by atoms with E-state index in [-0.39, 0.29) is 17.3 Å². The van der Waals surface area contributed by atoms with Crippen LogP contribution in [0, 0.1) is 20.2 Å². The SMILES string of the molecule is O=[N+]([O-])c1ccc(-c2nc(-c3ccc(Br)cc3)no2)c([N+](=O)[O-])c1. The zero-order valence-corrected chi connectivity index (χ0v) is 13.3. The van der Waals surface area contributed by atoms with Crippen LogP contribution >= 0.6 is 15.9 Å². The summed E-state index contributed by atoms with van der Waals surface area (Å²) in [4.78, 5) is 24.6. The maximum Gasteiger partial charge on any atom is 0.289 e. The maximum atomic E-state index is 11.2. The van der Waals surface area contributed by atoms with E-state index < -0.39 is 21.2 Å². The molecule has 9 nitrogen and oxygen atoms in total. The van der Waals surface area contributed by atoms with Crippen LogP contribution in [0.5, 0.6) is 0 Å². The van der Waals surface area contributed by atoms with E-state index >= 15 is 0 Å². The second-order valence-corrected chi connectivity index (χ2v) is 5.56. The van der Waals surface area contributed by atoms with Crippen LogP contribution in [-0.2, 0) is 0 Å². The molecule has 120 valence electrons. The van der Waals surface area contributed by atoms with Crippen LogP contribution in [0.25, 0.3) is 22.8 Å². The highest BCUT2D eigenvalue weighted by Crippen LogP contribution is 2.33. The number of halogens is 1. The Bertz CT molecular complexity index is 939. The number of nitro benzene ring substituents is 2. The standard InChI is InChI=1S/C14H7BrN4O5/c15-9-3-1-8(2-4-9)13-16-14(24-17-13)11-6-5-10(18(20)21)7-12(11)19(22)23/h1-7H. The molecule has 0 aliphatic heterocycles. The molecule has 0 amide bonds. The quantitative estimate of drug-likeness (QED) is 0.486. The first-order valence-corrected chi connectivity index (χ1v) is 7.28. The molecule has 2 aromatic carbocycles. The molecule has 0 radical (unpaired) electrons. The zero-order valence-electron chi connectivity index (χ0n) is 11.7. The number of non-ortho nitro benzene ring substituents is 1. The topological polar surface area (TPSA) is 125 Å². The van der Waals surface area contributed by atoms with Crippen LogP contribution in [0.3, 0.4) is 0 Å². The molecule has 0 fully saturated rings. The van der Waals surface area contributed by atoms with Crippen LogP contribution in [0.4, 0.5) is 11.4 Å². The highest BCUT2D eigenvalue weighted by atomic mass is 79.9. The van der Waals surface area contributed by atoms with E-state index in [1.54, 1.807) is 24.3 Å². The lowest BCUT2D eigenvalue weighted by Gasteiger charge is -1.98. The molecule has 1 heterocycles. The van der Waals surface area contributed by atoms with E-state index in [0.717, 1.165) is 16.6 Å². The van der Waals surface area contributed by atoms with Gasteiger partial charge in [0.15, 0.2) is 0 Å². The smallest absolute Gasteiger partial charge is 0.289 e. The fraction of sp³-hybridized carbons (Fsp3) is 0. The van der Waals surface area contributed by atoms with Crippen molar-refractivity contribution in [3.05, 3.63) is 67.2 Å². The number of aromatic nitrogens is 2. The summed E-state index contributed by atoms with van der Waals surface area (Å²) in [6, 6.07) is 10.3. The van der Waals surface area contributed by atoms with Crippen molar-refractivity contribution in [2.24, 2.45) is 0 Å². The zero-order chi connectivity index (χ0) is 17.3. The summed E-state index contributed by atoms with van der Waals surface area (Å²) in [7, 11) is 0. The number of nitro groups is 2. The van der Waals surface area contributed by atoms with Crippen LogP contribution in [0.2, 0.25) is 0 Å². The third-order valence-electron chi connectivity index (χ3n) is 3.15. The molecule has 1 aromatic heterocycles. The first kappa shape index (κ1) is 15.7. The Hall–Kier alpha value is -3.14. The Labute approximate surface area is 142 Å². The van der Waals surface area contributed by atoms with Gasteiger partial charge in [-0.2, -0.15) is 4.98 Å². The molecule has 0 saturated carbocycles. The molecule has 0 unspecified atom stereocenters. The first-order chi connectivity index (χ1) is 11.5. The molecular weight excluding hydrogens is 384 g/mol. The summed E-state index contributed by atoms with van der Waals surface area (Å²) in [6.45, 7) is 0. The molecule has 3 aromatic rings. The Morgan fingerprint density at radius 2 is 1.71 bits per heavy atom. The Kier molecular flexibility index (Phi) is 4.04. The predicted octanol–water partition coefficient (Wildman–Crippen LogP) is 3.98. The van der Waals surface area contributed by atoms with Crippen molar-refractivity contribution in [3.8, 4) is 22.8 Å². The van der Waals surface area contributed by atoms with Crippen molar-refractivity contribution in [1.29, 1.82) is 0 Å². The monoisotopic (exact) mass is 390 g/mol. The lowest BCUT2D eigenvalue weighted by atomic mass is 10.1. The van der Waals surface area contributed by atoms with E-state index in [2.05, 4.69) is 26.1 Å². The largest absolute Gasteiger partial charge is 0.333 e. The second kappa shape index (κ2) is 6.16. The van der Waals surface area contributed by atoms with E-state index in [0.29, 0.717) is 5.56 Å². The molecule has 0 aliphatic carbocycles. The Morgan fingerprint density at radius 3 is 2.33 bits per heavy atom. The minimum Gasteiger partial charge on any atom is -0.333 e. The Balaban J connectivity index is 2.05. The average molecular weight is 391 g/mol. The normalized spacial score (nSPS) is 10.5. The van der Waals surface area contributed by atoms with E-state index in [4.69, 9.17) is 4.52 Å². The minimum atomic E-state index is -0.730. The summed E-state index contributed by atoms with van der Waals surface area (Å²) in [5.41, 5.74) is -0.187. The molecule has 3 rings (SSSR count). The number of hydrogen-bond acceptors (Lipinski definition) is 7. The number of hydrogen-bond donors (Lipinski definition) is 0. The molecule has 0 aliphatic rings. The van der Waals surface area contributed by atoms with Crippen LogP contribution in [0.1, 0.15) is 0 Å². The molecule has 10 heteroatoms. The van der Waals surface area contributed by atoms with Crippen molar-refractivity contribution in [3.63, 3.8) is 0 Å². The summed E-state index contributed by atoms with van der Waals surface area (Å²) >= 11 is 3.31. The lowest BCUT2D eigenvalue weighted by molar-refractivity contribution is -0.393. The van der Waals surface area contributed by atoms with Crippen molar-refractivity contribution in [1.82, 2.24) is 10.1 Å². The fourth-order valence-corrected chi connectivity index (χ4v) is 2.28. The van der Waals surface area contributed by atoms with Gasteiger partial charge in [0.05, 0.1) is 15.9 Å². The molecule has 0 bridgehead atoms. The van der Waals surface area contributed by atoms with Gasteiger partial charge < -0.3 is 4.52 Å². The summed E-state index contributed by atoms with van der Waals surface area (Å²) < 4.78 is 5.96. The van der Waals surface area contributed by atoms with Crippen molar-refractivity contribution < 1.29 is 14.4 Å². The first-order valence-electron chi connectivity index (χ1n) is 6.48. The predicted molar refractivity (Wildman–Crippen MR) is 86.2 cm³/mol. The fourth-order valence-electron chi connectivity index (χ4n) is 2.01. The van der Waals surface area contributed by atoms with E-state index in [9.17, 15) is 20.2 Å². The third-order valence-corrected chi connectivity index (χ3v) is 3.68. The maximum absolute atomic E-state index is 11.2. The number of rotatable bonds is 4. The van der Waals surface area contributed by atoms with Crippen LogP contribution in [0.15, 0.2) is 51.5 Å². The van der Waals surface area contributed by atoms with Gasteiger partial charge in [-0.3, -0.25) is 20.2 Å². The summed E-state index contributed by atoms with van der Waals surface area (Å²) in [6.07, 6.45) is 0. The second-order valence-electron chi connectivity index (χ2n) is 4.65. The highest BCUT2D eigenvalue weighted by molar-refractivity contribution is 9.10. The molecule has 0 atom stereocenters. The average Bonchev–Trinajstić information content (AvgIpc) is 3.04. The number of benzene rings is 2. The molecular formula is C14H7BrN4O5. The van der Waals surface area contributed by atoms with Gasteiger partial charge in [0.25, 0.3) is 17.3 Å². The molecule has 24 heavy (non-hydrogen) atoms. The van der Waals surface area contributed by atoms with Gasteiger partial charge in [-0.05, 0) is 30.3 Å². The molecule has 0 N–H and O–H groups in total. The van der Waals surface area contributed by atoms with Gasteiger partial charge >= 0.3 is 0 Å². The van der Waals surface area contributed by atoms with Gasteiger partial charge in [0, 0.05) is 16.1 Å². The van der Waals surface area contributed by atoms with E-state index in [1.807, 2.05) is 0 Å². The Morgan fingerprint density at radius 1 is 1.00 bits per heavy atom. The van der Waals surface area contributed by atoms with Crippen molar-refractivity contribution in [2.75, 3.05) is 0 Å². The third kappa shape index (κ3) is 2.99. The van der Waals surface area contributed by atoms with Crippen LogP contribution < -0.4 is 0 Å². The molecule has 0 spiro atoms. The molecule has 0 saturated heterocycles. The number of nitrogens with zero attached hydrogens (tertiary/aromatic N) is 4.